The first-order valence-corrected chi connectivity index (χ1v) is 10.1. The lowest BCUT2D eigenvalue weighted by atomic mass is 10.0. The summed E-state index contributed by atoms with van der Waals surface area (Å²) in [4.78, 5) is 12.6. The minimum atomic E-state index is -4.39. The number of nitrogen functional groups attached to an aromatic ring is 1. The number of benzene rings is 3. The van der Waals surface area contributed by atoms with Gasteiger partial charge in [0, 0.05) is 6.54 Å². The molecule has 0 unspecified atom stereocenters. The third kappa shape index (κ3) is 5.38. The molecule has 6 nitrogen and oxygen atoms in total. The molecule has 0 bridgehead atoms. The molecule has 3 N–H and O–H groups in total. The minimum absolute atomic E-state index is 0.0727. The van der Waals surface area contributed by atoms with Gasteiger partial charge in [-0.3, -0.25) is 9.48 Å². The molecule has 0 atom stereocenters. The van der Waals surface area contributed by atoms with Gasteiger partial charge < -0.3 is 11.1 Å². The zero-order chi connectivity index (χ0) is 23.4. The summed E-state index contributed by atoms with van der Waals surface area (Å²) in [7, 11) is 0. The van der Waals surface area contributed by atoms with Crippen molar-refractivity contribution in [3.8, 4) is 11.1 Å². The molecule has 0 saturated carbocycles. The van der Waals surface area contributed by atoms with Crippen molar-refractivity contribution in [3.63, 3.8) is 0 Å². The molecule has 0 aliphatic heterocycles. The molecule has 0 radical (unpaired) electrons. The first kappa shape index (κ1) is 22.1. The van der Waals surface area contributed by atoms with Crippen LogP contribution >= 0.6 is 0 Å². The van der Waals surface area contributed by atoms with Crippen LogP contribution < -0.4 is 11.1 Å². The summed E-state index contributed by atoms with van der Waals surface area (Å²) in [5.74, 6) is -0.489. The molecule has 1 heterocycles. The average Bonchev–Trinajstić information content (AvgIpc) is 3.29. The number of halogens is 3. The molecule has 0 spiro atoms. The van der Waals surface area contributed by atoms with Gasteiger partial charge in [-0.05, 0) is 41.3 Å². The molecule has 33 heavy (non-hydrogen) atoms. The van der Waals surface area contributed by atoms with Gasteiger partial charge in [-0.2, -0.15) is 13.2 Å². The van der Waals surface area contributed by atoms with E-state index in [1.165, 1.54) is 16.9 Å². The Labute approximate surface area is 187 Å². The number of amides is 1. The molecular weight excluding hydrogens is 431 g/mol. The standard InChI is InChI=1S/C24H20F3N5O/c25-24(26,27)19-8-4-5-16(13-19)11-12-32-15-22(30-31-32)23(33)29-21-14-18(9-10-20(21)28)17-6-2-1-3-7-17/h1-10,13-15H,11-12,28H2,(H,29,33). The topological polar surface area (TPSA) is 85.8 Å². The van der Waals surface area contributed by atoms with Crippen LogP contribution in [-0.2, 0) is 19.1 Å². The largest absolute Gasteiger partial charge is 0.416 e. The Balaban J connectivity index is 1.43. The summed E-state index contributed by atoms with van der Waals surface area (Å²) in [5.41, 5.74) is 8.62. The zero-order valence-electron chi connectivity index (χ0n) is 17.4. The van der Waals surface area contributed by atoms with E-state index >= 15 is 0 Å². The number of anilines is 2. The lowest BCUT2D eigenvalue weighted by Gasteiger charge is -2.10. The maximum Gasteiger partial charge on any atom is 0.416 e. The van der Waals surface area contributed by atoms with E-state index in [1.807, 2.05) is 36.4 Å². The highest BCUT2D eigenvalue weighted by Gasteiger charge is 2.30. The van der Waals surface area contributed by atoms with Gasteiger partial charge in [0.15, 0.2) is 5.69 Å². The van der Waals surface area contributed by atoms with Gasteiger partial charge in [-0.1, -0.05) is 59.8 Å². The Morgan fingerprint density at radius 3 is 2.52 bits per heavy atom. The normalized spacial score (nSPS) is 11.4. The van der Waals surface area contributed by atoms with Crippen molar-refractivity contribution >= 4 is 17.3 Å². The van der Waals surface area contributed by atoms with Crippen molar-refractivity contribution in [1.29, 1.82) is 0 Å². The van der Waals surface area contributed by atoms with Gasteiger partial charge in [-0.25, -0.2) is 0 Å². The Morgan fingerprint density at radius 1 is 0.970 bits per heavy atom. The highest BCUT2D eigenvalue weighted by molar-refractivity contribution is 6.04. The van der Waals surface area contributed by atoms with Crippen LogP contribution in [0.1, 0.15) is 21.6 Å². The summed E-state index contributed by atoms with van der Waals surface area (Å²) in [6.07, 6.45) is -2.64. The molecule has 168 valence electrons. The number of hydrogen-bond donors (Lipinski definition) is 2. The highest BCUT2D eigenvalue weighted by atomic mass is 19.4. The van der Waals surface area contributed by atoms with Crippen LogP contribution in [0.2, 0.25) is 0 Å². The molecule has 1 amide bonds. The van der Waals surface area contributed by atoms with Crippen LogP contribution in [-0.4, -0.2) is 20.9 Å². The first-order valence-electron chi connectivity index (χ1n) is 10.1. The second-order valence-corrected chi connectivity index (χ2v) is 7.44. The predicted molar refractivity (Wildman–Crippen MR) is 119 cm³/mol. The summed E-state index contributed by atoms with van der Waals surface area (Å²) in [6.45, 7) is 0.271. The molecular formula is C24H20F3N5O. The number of nitrogens with zero attached hydrogens (tertiary/aromatic N) is 3. The number of aromatic nitrogens is 3. The van der Waals surface area contributed by atoms with Crippen molar-refractivity contribution in [2.45, 2.75) is 19.1 Å². The lowest BCUT2D eigenvalue weighted by Crippen LogP contribution is -2.14. The number of nitrogens with one attached hydrogen (secondary N) is 1. The molecule has 0 saturated heterocycles. The van der Waals surface area contributed by atoms with Crippen LogP contribution in [0.15, 0.2) is 79.0 Å². The third-order valence-corrected chi connectivity index (χ3v) is 5.06. The molecule has 4 aromatic rings. The van der Waals surface area contributed by atoms with E-state index in [9.17, 15) is 18.0 Å². The Hall–Kier alpha value is -4.14. The first-order chi connectivity index (χ1) is 15.8. The minimum Gasteiger partial charge on any atom is -0.397 e. The number of carbonyl (C=O) groups excluding carboxylic acids is 1. The summed E-state index contributed by atoms with van der Waals surface area (Å²) >= 11 is 0. The SMILES string of the molecule is Nc1ccc(-c2ccccc2)cc1NC(=O)c1cn(CCc2cccc(C(F)(F)F)c2)nn1. The van der Waals surface area contributed by atoms with Crippen LogP contribution in [0.3, 0.4) is 0 Å². The van der Waals surface area contributed by atoms with Crippen molar-refractivity contribution in [3.05, 3.63) is 95.8 Å². The average molecular weight is 451 g/mol. The van der Waals surface area contributed by atoms with E-state index in [0.717, 1.165) is 23.3 Å². The number of carbonyl (C=O) groups is 1. The number of hydrogen-bond acceptors (Lipinski definition) is 4. The molecule has 9 heteroatoms. The fourth-order valence-corrected chi connectivity index (χ4v) is 3.32. The molecule has 1 aromatic heterocycles. The molecule has 0 aliphatic carbocycles. The van der Waals surface area contributed by atoms with Crippen LogP contribution in [0.4, 0.5) is 24.5 Å². The monoisotopic (exact) mass is 451 g/mol. The third-order valence-electron chi connectivity index (χ3n) is 5.06. The summed E-state index contributed by atoms with van der Waals surface area (Å²) in [5, 5.41) is 10.5. The van der Waals surface area contributed by atoms with Crippen molar-refractivity contribution in [1.82, 2.24) is 15.0 Å². The number of aryl methyl sites for hydroxylation is 2. The smallest absolute Gasteiger partial charge is 0.397 e. The molecule has 3 aromatic carbocycles. The fourth-order valence-electron chi connectivity index (χ4n) is 3.32. The second-order valence-electron chi connectivity index (χ2n) is 7.44. The summed E-state index contributed by atoms with van der Waals surface area (Å²) in [6, 6.07) is 20.1. The van der Waals surface area contributed by atoms with Crippen molar-refractivity contribution < 1.29 is 18.0 Å². The molecule has 4 rings (SSSR count). The second kappa shape index (κ2) is 9.15. The highest BCUT2D eigenvalue weighted by Crippen LogP contribution is 2.30. The number of rotatable bonds is 6. The Kier molecular flexibility index (Phi) is 6.12. The maximum absolute atomic E-state index is 12.9. The van der Waals surface area contributed by atoms with Gasteiger partial charge in [0.2, 0.25) is 0 Å². The fraction of sp³-hybridized carbons (Fsp3) is 0.125. The lowest BCUT2D eigenvalue weighted by molar-refractivity contribution is -0.137. The zero-order valence-corrected chi connectivity index (χ0v) is 17.4. The number of alkyl halides is 3. The van der Waals surface area contributed by atoms with E-state index in [4.69, 9.17) is 5.73 Å². The van der Waals surface area contributed by atoms with E-state index in [-0.39, 0.29) is 12.2 Å². The van der Waals surface area contributed by atoms with E-state index < -0.39 is 17.6 Å². The molecule has 0 aliphatic rings. The van der Waals surface area contributed by atoms with E-state index in [1.54, 1.807) is 18.2 Å². The van der Waals surface area contributed by atoms with Crippen LogP contribution in [0.25, 0.3) is 11.1 Å². The quantitative estimate of drug-likeness (QED) is 0.402. The van der Waals surface area contributed by atoms with Gasteiger partial charge >= 0.3 is 6.18 Å². The Morgan fingerprint density at radius 2 is 1.76 bits per heavy atom. The van der Waals surface area contributed by atoms with Crippen LogP contribution in [0, 0.1) is 0 Å². The van der Waals surface area contributed by atoms with Crippen molar-refractivity contribution in [2.24, 2.45) is 0 Å². The van der Waals surface area contributed by atoms with E-state index in [2.05, 4.69) is 15.6 Å². The molecule has 0 fully saturated rings. The van der Waals surface area contributed by atoms with Crippen LogP contribution in [0.5, 0.6) is 0 Å². The van der Waals surface area contributed by atoms with Gasteiger partial charge in [0.05, 0.1) is 23.1 Å². The van der Waals surface area contributed by atoms with Gasteiger partial charge in [-0.15, -0.1) is 5.10 Å². The van der Waals surface area contributed by atoms with Crippen molar-refractivity contribution in [2.75, 3.05) is 11.1 Å². The predicted octanol–water partition coefficient (Wildman–Crippen LogP) is 5.04. The number of nitrogens with two attached hydrogens (primary N) is 1. The Bertz CT molecular complexity index is 1270. The van der Waals surface area contributed by atoms with E-state index in [0.29, 0.717) is 23.4 Å². The van der Waals surface area contributed by atoms with Gasteiger partial charge in [0.25, 0.3) is 5.91 Å². The van der Waals surface area contributed by atoms with Gasteiger partial charge in [0.1, 0.15) is 0 Å². The maximum atomic E-state index is 12.9. The summed E-state index contributed by atoms with van der Waals surface area (Å²) < 4.78 is 40.0.